The highest BCUT2D eigenvalue weighted by Gasteiger charge is 2.38. The Morgan fingerprint density at radius 2 is 1.94 bits per heavy atom. The molecule has 18 heavy (non-hydrogen) atoms. The van der Waals surface area contributed by atoms with Gasteiger partial charge in [-0.3, -0.25) is 0 Å². The minimum absolute atomic E-state index is 0.310. The van der Waals surface area contributed by atoms with E-state index in [0.717, 1.165) is 37.6 Å². The molecule has 0 radical (unpaired) electrons. The second kappa shape index (κ2) is 4.97. The van der Waals surface area contributed by atoms with Crippen molar-refractivity contribution >= 4 is 0 Å². The second-order valence-corrected chi connectivity index (χ2v) is 5.42. The molecule has 0 amide bonds. The van der Waals surface area contributed by atoms with Crippen molar-refractivity contribution in [2.75, 3.05) is 20.2 Å². The molecule has 0 unspecified atom stereocenters. The van der Waals surface area contributed by atoms with E-state index in [4.69, 9.17) is 9.26 Å². The Hall–Kier alpha value is -0.940. The maximum atomic E-state index is 5.79. The van der Waals surface area contributed by atoms with Crippen LogP contribution in [0.25, 0.3) is 0 Å². The molecule has 1 aliphatic carbocycles. The standard InChI is InChI=1S/C13H21N3O2/c1-17-13(6-4-2-3-5-7-13)12-15-11(18-16-12)10-8-14-9-10/h10,14H,2-9H2,1H3. The summed E-state index contributed by atoms with van der Waals surface area (Å²) in [5, 5.41) is 7.41. The first kappa shape index (κ1) is 12.1. The van der Waals surface area contributed by atoms with E-state index in [1.807, 2.05) is 0 Å². The van der Waals surface area contributed by atoms with Crippen LogP contribution in [-0.4, -0.2) is 30.3 Å². The number of aromatic nitrogens is 2. The molecular weight excluding hydrogens is 230 g/mol. The van der Waals surface area contributed by atoms with Crippen LogP contribution in [0, 0.1) is 0 Å². The van der Waals surface area contributed by atoms with Crippen LogP contribution in [0.1, 0.15) is 56.2 Å². The average molecular weight is 251 g/mol. The third-order valence-corrected chi connectivity index (χ3v) is 4.28. The largest absolute Gasteiger partial charge is 0.370 e. The number of hydrogen-bond donors (Lipinski definition) is 1. The molecule has 1 saturated carbocycles. The van der Waals surface area contributed by atoms with Gasteiger partial charge in [-0.25, -0.2) is 0 Å². The van der Waals surface area contributed by atoms with Crippen molar-refractivity contribution in [2.45, 2.75) is 50.0 Å². The van der Waals surface area contributed by atoms with Crippen LogP contribution in [0.3, 0.4) is 0 Å². The molecule has 1 saturated heterocycles. The van der Waals surface area contributed by atoms with Gasteiger partial charge in [-0.05, 0) is 12.8 Å². The molecule has 1 N–H and O–H groups in total. The number of nitrogens with one attached hydrogen (secondary N) is 1. The lowest BCUT2D eigenvalue weighted by atomic mass is 9.93. The predicted octanol–water partition coefficient (Wildman–Crippen LogP) is 1.95. The van der Waals surface area contributed by atoms with Crippen molar-refractivity contribution in [3.05, 3.63) is 11.7 Å². The summed E-state index contributed by atoms with van der Waals surface area (Å²) in [6.45, 7) is 1.89. The van der Waals surface area contributed by atoms with E-state index >= 15 is 0 Å². The van der Waals surface area contributed by atoms with Gasteiger partial charge in [-0.1, -0.05) is 30.8 Å². The van der Waals surface area contributed by atoms with E-state index in [-0.39, 0.29) is 5.60 Å². The normalized spacial score (nSPS) is 24.5. The zero-order valence-electron chi connectivity index (χ0n) is 10.9. The molecule has 0 aromatic carbocycles. The first-order valence-corrected chi connectivity index (χ1v) is 6.94. The SMILES string of the molecule is COC1(c2noc(C3CNC3)n2)CCCCCC1. The van der Waals surface area contributed by atoms with Gasteiger partial charge in [0, 0.05) is 20.2 Å². The Balaban J connectivity index is 1.82. The van der Waals surface area contributed by atoms with E-state index in [1.165, 1.54) is 25.7 Å². The highest BCUT2D eigenvalue weighted by molar-refractivity contribution is 5.07. The fourth-order valence-corrected chi connectivity index (χ4v) is 2.87. The van der Waals surface area contributed by atoms with Crippen LogP contribution in [0.15, 0.2) is 4.52 Å². The number of methoxy groups -OCH3 is 1. The minimum atomic E-state index is -0.310. The molecule has 0 atom stereocenters. The predicted molar refractivity (Wildman–Crippen MR) is 66.3 cm³/mol. The van der Waals surface area contributed by atoms with Gasteiger partial charge >= 0.3 is 0 Å². The van der Waals surface area contributed by atoms with Gasteiger partial charge in [0.15, 0.2) is 0 Å². The summed E-state index contributed by atoms with van der Waals surface area (Å²) in [5.74, 6) is 1.92. The maximum Gasteiger partial charge on any atom is 0.232 e. The van der Waals surface area contributed by atoms with Gasteiger partial charge < -0.3 is 14.6 Å². The Morgan fingerprint density at radius 3 is 2.50 bits per heavy atom. The van der Waals surface area contributed by atoms with Gasteiger partial charge in [0.25, 0.3) is 0 Å². The van der Waals surface area contributed by atoms with E-state index in [9.17, 15) is 0 Å². The molecule has 2 heterocycles. The minimum Gasteiger partial charge on any atom is -0.370 e. The molecule has 0 bridgehead atoms. The Bertz CT molecular complexity index is 393. The highest BCUT2D eigenvalue weighted by Crippen LogP contribution is 2.37. The summed E-state index contributed by atoms with van der Waals surface area (Å²) in [4.78, 5) is 4.60. The van der Waals surface area contributed by atoms with Gasteiger partial charge in [-0.2, -0.15) is 4.98 Å². The summed E-state index contributed by atoms with van der Waals surface area (Å²) in [7, 11) is 1.77. The lowest BCUT2D eigenvalue weighted by Crippen LogP contribution is -2.40. The number of ether oxygens (including phenoxy) is 1. The van der Waals surface area contributed by atoms with Crippen molar-refractivity contribution in [1.29, 1.82) is 0 Å². The molecule has 100 valence electrons. The van der Waals surface area contributed by atoms with E-state index in [2.05, 4.69) is 15.5 Å². The fourth-order valence-electron chi connectivity index (χ4n) is 2.87. The lowest BCUT2D eigenvalue weighted by Gasteiger charge is -2.27. The lowest BCUT2D eigenvalue weighted by molar-refractivity contribution is -0.0365. The molecule has 2 fully saturated rings. The second-order valence-electron chi connectivity index (χ2n) is 5.42. The summed E-state index contributed by atoms with van der Waals surface area (Å²) in [5.41, 5.74) is -0.310. The first-order valence-electron chi connectivity index (χ1n) is 6.94. The number of rotatable bonds is 3. The fraction of sp³-hybridized carbons (Fsp3) is 0.846. The van der Waals surface area contributed by atoms with E-state index in [1.54, 1.807) is 7.11 Å². The third kappa shape index (κ3) is 2.06. The van der Waals surface area contributed by atoms with Crippen LogP contribution in [-0.2, 0) is 10.3 Å². The molecule has 1 aliphatic heterocycles. The quantitative estimate of drug-likeness (QED) is 0.832. The van der Waals surface area contributed by atoms with E-state index in [0.29, 0.717) is 5.92 Å². The zero-order chi connectivity index (χ0) is 12.4. The van der Waals surface area contributed by atoms with Crippen LogP contribution in [0.2, 0.25) is 0 Å². The molecule has 3 rings (SSSR count). The van der Waals surface area contributed by atoms with Crippen LogP contribution in [0.5, 0.6) is 0 Å². The van der Waals surface area contributed by atoms with Crippen LogP contribution < -0.4 is 5.32 Å². The summed E-state index contributed by atoms with van der Waals surface area (Å²) in [6, 6.07) is 0. The third-order valence-electron chi connectivity index (χ3n) is 4.28. The molecular formula is C13H21N3O2. The molecule has 0 spiro atoms. The van der Waals surface area contributed by atoms with Crippen molar-refractivity contribution in [3.8, 4) is 0 Å². The Labute approximate surface area is 107 Å². The van der Waals surface area contributed by atoms with Gasteiger partial charge in [0.05, 0.1) is 5.92 Å². The number of hydrogen-bond acceptors (Lipinski definition) is 5. The van der Waals surface area contributed by atoms with Gasteiger partial charge in [-0.15, -0.1) is 0 Å². The molecule has 1 aromatic heterocycles. The number of nitrogens with zero attached hydrogens (tertiary/aromatic N) is 2. The summed E-state index contributed by atoms with van der Waals surface area (Å²) < 4.78 is 11.2. The topological polar surface area (TPSA) is 60.2 Å². The van der Waals surface area contributed by atoms with E-state index < -0.39 is 0 Å². The molecule has 5 nitrogen and oxygen atoms in total. The average Bonchev–Trinajstić information content (AvgIpc) is 2.66. The molecule has 2 aliphatic rings. The molecule has 5 heteroatoms. The van der Waals surface area contributed by atoms with Crippen molar-refractivity contribution in [3.63, 3.8) is 0 Å². The monoisotopic (exact) mass is 251 g/mol. The van der Waals surface area contributed by atoms with Gasteiger partial charge in [0.1, 0.15) is 5.60 Å². The van der Waals surface area contributed by atoms with Crippen molar-refractivity contribution < 1.29 is 9.26 Å². The van der Waals surface area contributed by atoms with Crippen molar-refractivity contribution in [1.82, 2.24) is 15.5 Å². The Morgan fingerprint density at radius 1 is 1.22 bits per heavy atom. The van der Waals surface area contributed by atoms with Crippen molar-refractivity contribution in [2.24, 2.45) is 0 Å². The van der Waals surface area contributed by atoms with Gasteiger partial charge in [0.2, 0.25) is 11.7 Å². The smallest absolute Gasteiger partial charge is 0.232 e. The molecule has 1 aromatic rings. The summed E-state index contributed by atoms with van der Waals surface area (Å²) >= 11 is 0. The first-order chi connectivity index (χ1) is 8.84. The maximum absolute atomic E-state index is 5.79. The Kier molecular flexibility index (Phi) is 3.35. The van der Waals surface area contributed by atoms with Crippen LogP contribution >= 0.6 is 0 Å². The van der Waals surface area contributed by atoms with Crippen LogP contribution in [0.4, 0.5) is 0 Å². The summed E-state index contributed by atoms with van der Waals surface area (Å²) in [6.07, 6.45) is 6.94. The highest BCUT2D eigenvalue weighted by atomic mass is 16.5. The zero-order valence-corrected chi connectivity index (χ0v) is 10.9.